The molecule has 0 radical (unpaired) electrons. The summed E-state index contributed by atoms with van der Waals surface area (Å²) in [6, 6.07) is 5.09. The molecule has 1 aliphatic rings. The minimum atomic E-state index is -0.190. The van der Waals surface area contributed by atoms with Crippen LogP contribution in [0.25, 0.3) is 0 Å². The molecule has 1 aliphatic heterocycles. The Morgan fingerprint density at radius 2 is 2.32 bits per heavy atom. The van der Waals surface area contributed by atoms with Gasteiger partial charge < -0.3 is 15.4 Å². The fourth-order valence-electron chi connectivity index (χ4n) is 2.59. The highest BCUT2D eigenvalue weighted by molar-refractivity contribution is 5.55. The van der Waals surface area contributed by atoms with Crippen molar-refractivity contribution in [3.05, 3.63) is 29.6 Å². The van der Waals surface area contributed by atoms with E-state index in [0.29, 0.717) is 0 Å². The van der Waals surface area contributed by atoms with E-state index in [-0.39, 0.29) is 18.0 Å². The van der Waals surface area contributed by atoms with E-state index in [1.807, 2.05) is 6.07 Å². The van der Waals surface area contributed by atoms with E-state index in [2.05, 4.69) is 11.8 Å². The minimum Gasteiger partial charge on any atom is -0.380 e. The number of rotatable bonds is 5. The molecule has 0 bridgehead atoms. The predicted octanol–water partition coefficient (Wildman–Crippen LogP) is 2.33. The zero-order valence-electron chi connectivity index (χ0n) is 11.7. The average molecular weight is 266 g/mol. The van der Waals surface area contributed by atoms with Crippen LogP contribution in [0.1, 0.15) is 25.3 Å². The maximum atomic E-state index is 13.4. The molecule has 0 aliphatic carbocycles. The van der Waals surface area contributed by atoms with E-state index in [0.717, 1.165) is 43.6 Å². The number of anilines is 1. The Balaban J connectivity index is 2.19. The molecule has 19 heavy (non-hydrogen) atoms. The van der Waals surface area contributed by atoms with Gasteiger partial charge in [-0.15, -0.1) is 0 Å². The summed E-state index contributed by atoms with van der Waals surface area (Å²) in [5.74, 6) is -0.190. The van der Waals surface area contributed by atoms with Gasteiger partial charge in [-0.25, -0.2) is 4.39 Å². The van der Waals surface area contributed by atoms with Gasteiger partial charge in [-0.3, -0.25) is 0 Å². The molecule has 2 N–H and O–H groups in total. The maximum Gasteiger partial charge on any atom is 0.123 e. The van der Waals surface area contributed by atoms with Gasteiger partial charge >= 0.3 is 0 Å². The zero-order valence-corrected chi connectivity index (χ0v) is 11.7. The molecule has 0 saturated carbocycles. The Kier molecular flexibility index (Phi) is 4.77. The molecule has 2 atom stereocenters. The molecule has 2 rings (SSSR count). The summed E-state index contributed by atoms with van der Waals surface area (Å²) >= 11 is 0. The monoisotopic (exact) mass is 266 g/mol. The van der Waals surface area contributed by atoms with E-state index in [1.54, 1.807) is 13.2 Å². The Hall–Kier alpha value is -1.13. The normalized spacial score (nSPS) is 20.8. The van der Waals surface area contributed by atoms with Crippen LogP contribution < -0.4 is 10.6 Å². The third-order valence-corrected chi connectivity index (χ3v) is 3.87. The molecule has 1 saturated heterocycles. The van der Waals surface area contributed by atoms with Crippen molar-refractivity contribution in [3.8, 4) is 0 Å². The molecular formula is C15H23FN2O. The second-order valence-electron chi connectivity index (χ2n) is 5.24. The highest BCUT2D eigenvalue weighted by Crippen LogP contribution is 2.27. The number of nitrogens with two attached hydrogens (primary N) is 1. The van der Waals surface area contributed by atoms with Crippen molar-refractivity contribution in [2.45, 2.75) is 38.3 Å². The molecule has 1 heterocycles. The maximum absolute atomic E-state index is 13.4. The molecule has 106 valence electrons. The van der Waals surface area contributed by atoms with Gasteiger partial charge in [0, 0.05) is 31.9 Å². The fraction of sp³-hybridized carbons (Fsp3) is 0.600. The van der Waals surface area contributed by atoms with E-state index >= 15 is 0 Å². The Morgan fingerprint density at radius 1 is 1.53 bits per heavy atom. The molecule has 0 amide bonds. The van der Waals surface area contributed by atoms with Crippen LogP contribution in [0.4, 0.5) is 10.1 Å². The summed E-state index contributed by atoms with van der Waals surface area (Å²) < 4.78 is 18.8. The molecule has 3 nitrogen and oxygen atoms in total. The van der Waals surface area contributed by atoms with E-state index < -0.39 is 0 Å². The first-order chi connectivity index (χ1) is 9.13. The van der Waals surface area contributed by atoms with Gasteiger partial charge in [-0.1, -0.05) is 6.92 Å². The number of halogens is 1. The van der Waals surface area contributed by atoms with Crippen molar-refractivity contribution in [1.82, 2.24) is 0 Å². The van der Waals surface area contributed by atoms with Gasteiger partial charge in [0.05, 0.1) is 6.10 Å². The van der Waals surface area contributed by atoms with Crippen molar-refractivity contribution in [2.24, 2.45) is 5.73 Å². The Labute approximate surface area is 114 Å². The minimum absolute atomic E-state index is 0.0846. The van der Waals surface area contributed by atoms with Crippen molar-refractivity contribution in [2.75, 3.05) is 25.1 Å². The number of hydrogen-bond acceptors (Lipinski definition) is 3. The second kappa shape index (κ2) is 6.35. The number of methoxy groups -OCH3 is 1. The van der Waals surface area contributed by atoms with E-state index in [4.69, 9.17) is 10.5 Å². The van der Waals surface area contributed by atoms with Crippen LogP contribution in [0.15, 0.2) is 18.2 Å². The van der Waals surface area contributed by atoms with Crippen LogP contribution in [0.5, 0.6) is 0 Å². The summed E-state index contributed by atoms with van der Waals surface area (Å²) in [4.78, 5) is 2.27. The standard InChI is InChI=1S/C15H23FN2O/c1-3-13(17)9-11-8-12(16)4-5-15(11)18-7-6-14(10-18)19-2/h4-5,8,13-14H,3,6-7,9-10,17H2,1-2H3. The second-order valence-corrected chi connectivity index (χ2v) is 5.24. The van der Waals surface area contributed by atoms with E-state index in [1.165, 1.54) is 6.07 Å². The third-order valence-electron chi connectivity index (χ3n) is 3.87. The van der Waals surface area contributed by atoms with Crippen molar-refractivity contribution < 1.29 is 9.13 Å². The molecule has 1 aromatic carbocycles. The van der Waals surface area contributed by atoms with Crippen LogP contribution >= 0.6 is 0 Å². The smallest absolute Gasteiger partial charge is 0.123 e. The fourth-order valence-corrected chi connectivity index (χ4v) is 2.59. The number of ether oxygens (including phenoxy) is 1. The van der Waals surface area contributed by atoms with Crippen LogP contribution in [0, 0.1) is 5.82 Å². The predicted molar refractivity (Wildman–Crippen MR) is 76.0 cm³/mol. The summed E-state index contributed by atoms with van der Waals surface area (Å²) in [5.41, 5.74) is 8.12. The quantitative estimate of drug-likeness (QED) is 0.889. The van der Waals surface area contributed by atoms with Crippen molar-refractivity contribution in [1.29, 1.82) is 0 Å². The van der Waals surface area contributed by atoms with Gasteiger partial charge in [0.1, 0.15) is 5.82 Å². The lowest BCUT2D eigenvalue weighted by Crippen LogP contribution is -2.26. The van der Waals surface area contributed by atoms with Crippen LogP contribution in [0.2, 0.25) is 0 Å². The van der Waals surface area contributed by atoms with E-state index in [9.17, 15) is 4.39 Å². The summed E-state index contributed by atoms with van der Waals surface area (Å²) in [6.45, 7) is 3.88. The lowest BCUT2D eigenvalue weighted by molar-refractivity contribution is 0.121. The lowest BCUT2D eigenvalue weighted by Gasteiger charge is -2.23. The number of hydrogen-bond donors (Lipinski definition) is 1. The van der Waals surface area contributed by atoms with Gasteiger partial charge in [-0.2, -0.15) is 0 Å². The first-order valence-electron chi connectivity index (χ1n) is 6.95. The summed E-state index contributed by atoms with van der Waals surface area (Å²) in [7, 11) is 1.74. The van der Waals surface area contributed by atoms with Crippen LogP contribution in [-0.4, -0.2) is 32.3 Å². The molecule has 1 fully saturated rings. The zero-order chi connectivity index (χ0) is 13.8. The first-order valence-corrected chi connectivity index (χ1v) is 6.95. The number of nitrogens with zero attached hydrogens (tertiary/aromatic N) is 1. The average Bonchev–Trinajstić information content (AvgIpc) is 2.87. The molecule has 0 aromatic heterocycles. The molecule has 1 aromatic rings. The molecule has 2 unspecified atom stereocenters. The van der Waals surface area contributed by atoms with Crippen LogP contribution in [0.3, 0.4) is 0 Å². The Morgan fingerprint density at radius 3 is 2.95 bits per heavy atom. The van der Waals surface area contributed by atoms with Gasteiger partial charge in [0.2, 0.25) is 0 Å². The largest absolute Gasteiger partial charge is 0.380 e. The molecular weight excluding hydrogens is 243 g/mol. The lowest BCUT2D eigenvalue weighted by atomic mass is 10.0. The van der Waals surface area contributed by atoms with Crippen LogP contribution in [-0.2, 0) is 11.2 Å². The Bertz CT molecular complexity index is 425. The van der Waals surface area contributed by atoms with Crippen molar-refractivity contribution >= 4 is 5.69 Å². The first kappa shape index (κ1) is 14.3. The van der Waals surface area contributed by atoms with Gasteiger partial charge in [0.15, 0.2) is 0 Å². The van der Waals surface area contributed by atoms with Gasteiger partial charge in [0.25, 0.3) is 0 Å². The SMILES string of the molecule is CCC(N)Cc1cc(F)ccc1N1CCC(OC)C1. The summed E-state index contributed by atoms with van der Waals surface area (Å²) in [5, 5.41) is 0. The molecule has 4 heteroatoms. The highest BCUT2D eigenvalue weighted by Gasteiger charge is 2.24. The topological polar surface area (TPSA) is 38.5 Å². The third kappa shape index (κ3) is 3.45. The highest BCUT2D eigenvalue weighted by atomic mass is 19.1. The molecule has 0 spiro atoms. The van der Waals surface area contributed by atoms with Crippen molar-refractivity contribution in [3.63, 3.8) is 0 Å². The summed E-state index contributed by atoms with van der Waals surface area (Å²) in [6.07, 6.45) is 2.92. The van der Waals surface area contributed by atoms with Gasteiger partial charge in [-0.05, 0) is 43.0 Å². The number of benzene rings is 1.